The summed E-state index contributed by atoms with van der Waals surface area (Å²) in [5, 5.41) is 9.67. The third-order valence-electron chi connectivity index (χ3n) is 4.93. The van der Waals surface area contributed by atoms with Crippen molar-refractivity contribution >= 4 is 34.6 Å². The second-order valence-corrected chi connectivity index (χ2v) is 8.13. The lowest BCUT2D eigenvalue weighted by atomic mass is 10.1. The zero-order valence-electron chi connectivity index (χ0n) is 18.3. The maximum atomic E-state index is 13.4. The molecule has 31 heavy (non-hydrogen) atoms. The van der Waals surface area contributed by atoms with Gasteiger partial charge in [0.1, 0.15) is 6.61 Å². The van der Waals surface area contributed by atoms with Gasteiger partial charge in [0, 0.05) is 6.54 Å². The fourth-order valence-corrected chi connectivity index (χ4v) is 4.18. The van der Waals surface area contributed by atoms with Crippen molar-refractivity contribution in [3.05, 3.63) is 58.0 Å². The molecule has 0 bridgehead atoms. The van der Waals surface area contributed by atoms with E-state index in [0.29, 0.717) is 28.1 Å². The number of nitrogens with zero attached hydrogens (tertiary/aromatic N) is 2. The lowest BCUT2D eigenvalue weighted by Gasteiger charge is -2.19. The van der Waals surface area contributed by atoms with Gasteiger partial charge >= 0.3 is 0 Å². The van der Waals surface area contributed by atoms with Crippen LogP contribution in [-0.4, -0.2) is 43.0 Å². The van der Waals surface area contributed by atoms with E-state index in [4.69, 9.17) is 14.6 Å². The van der Waals surface area contributed by atoms with E-state index in [1.807, 2.05) is 50.3 Å². The van der Waals surface area contributed by atoms with Crippen molar-refractivity contribution in [2.24, 2.45) is 4.99 Å². The first kappa shape index (κ1) is 22.9. The Morgan fingerprint density at radius 1 is 1.19 bits per heavy atom. The van der Waals surface area contributed by atoms with Crippen LogP contribution in [0.3, 0.4) is 0 Å². The number of carbonyl (C=O) groups excluding carboxylic acids is 1. The Bertz CT molecular complexity index is 1020. The lowest BCUT2D eigenvalue weighted by Crippen LogP contribution is -2.29. The Morgan fingerprint density at radius 3 is 2.71 bits per heavy atom. The van der Waals surface area contributed by atoms with Crippen molar-refractivity contribution in [1.82, 2.24) is 0 Å². The van der Waals surface area contributed by atoms with E-state index in [0.717, 1.165) is 28.8 Å². The van der Waals surface area contributed by atoms with Gasteiger partial charge < -0.3 is 14.6 Å². The van der Waals surface area contributed by atoms with Gasteiger partial charge in [-0.3, -0.25) is 14.7 Å². The molecule has 0 atom stereocenters. The molecule has 2 aromatic carbocycles. The molecule has 2 aromatic rings. The molecule has 1 saturated heterocycles. The molecular weight excluding hydrogens is 412 g/mol. The van der Waals surface area contributed by atoms with E-state index in [-0.39, 0.29) is 19.1 Å². The van der Waals surface area contributed by atoms with Crippen LogP contribution < -0.4 is 14.4 Å². The normalized spacial score (nSPS) is 16.4. The summed E-state index contributed by atoms with van der Waals surface area (Å²) in [4.78, 5) is 20.4. The number of aliphatic hydroxyl groups is 1. The van der Waals surface area contributed by atoms with Gasteiger partial charge in [-0.1, -0.05) is 25.1 Å². The number of amidine groups is 1. The number of hydrogen-bond acceptors (Lipinski definition) is 6. The van der Waals surface area contributed by atoms with Gasteiger partial charge in [0.15, 0.2) is 16.7 Å². The Balaban J connectivity index is 1.98. The summed E-state index contributed by atoms with van der Waals surface area (Å²) in [5.41, 5.74) is 3.88. The summed E-state index contributed by atoms with van der Waals surface area (Å²) < 4.78 is 10.9. The fraction of sp³-hybridized carbons (Fsp3) is 0.333. The van der Waals surface area contributed by atoms with Crippen LogP contribution in [0, 0.1) is 13.8 Å². The Labute approximate surface area is 187 Å². The van der Waals surface area contributed by atoms with E-state index < -0.39 is 0 Å². The molecule has 0 aliphatic carbocycles. The number of amides is 1. The summed E-state index contributed by atoms with van der Waals surface area (Å²) in [6.07, 6.45) is 2.75. The van der Waals surface area contributed by atoms with Crippen LogP contribution in [0.15, 0.2) is 46.3 Å². The van der Waals surface area contributed by atoms with Gasteiger partial charge in [-0.2, -0.15) is 0 Å². The van der Waals surface area contributed by atoms with E-state index in [2.05, 4.69) is 11.9 Å². The summed E-state index contributed by atoms with van der Waals surface area (Å²) in [6, 6.07) is 11.4. The van der Waals surface area contributed by atoms with Crippen LogP contribution >= 0.6 is 11.8 Å². The minimum Gasteiger partial charge on any atom is -0.493 e. The Morgan fingerprint density at radius 2 is 2.00 bits per heavy atom. The van der Waals surface area contributed by atoms with E-state index in [9.17, 15) is 4.79 Å². The van der Waals surface area contributed by atoms with E-state index in [1.165, 1.54) is 11.8 Å². The largest absolute Gasteiger partial charge is 0.493 e. The van der Waals surface area contributed by atoms with Crippen LogP contribution in [0.25, 0.3) is 6.08 Å². The zero-order valence-corrected chi connectivity index (χ0v) is 19.2. The number of aliphatic hydroxyl groups excluding tert-OH is 1. The fourth-order valence-electron chi connectivity index (χ4n) is 3.18. The second-order valence-electron chi connectivity index (χ2n) is 7.12. The number of rotatable bonds is 8. The van der Waals surface area contributed by atoms with E-state index >= 15 is 0 Å². The molecule has 164 valence electrons. The minimum atomic E-state index is -0.0897. The topological polar surface area (TPSA) is 71.4 Å². The summed E-state index contributed by atoms with van der Waals surface area (Å²) in [7, 11) is 1.56. The molecule has 0 saturated carbocycles. The number of anilines is 1. The SMILES string of the molecule is CCCN=C1S/C(=C\c2ccc(OCCO)c(OC)c2)C(=O)N1c1cccc(C)c1C. The summed E-state index contributed by atoms with van der Waals surface area (Å²) in [6.45, 7) is 6.91. The average Bonchev–Trinajstić information content (AvgIpc) is 3.08. The second kappa shape index (κ2) is 10.5. The monoisotopic (exact) mass is 440 g/mol. The van der Waals surface area contributed by atoms with Crippen LogP contribution in [0.5, 0.6) is 11.5 Å². The molecule has 6 nitrogen and oxygen atoms in total. The number of hydrogen-bond donors (Lipinski definition) is 1. The van der Waals surface area contributed by atoms with Gasteiger partial charge in [-0.25, -0.2) is 0 Å². The minimum absolute atomic E-state index is 0.0752. The van der Waals surface area contributed by atoms with Gasteiger partial charge in [-0.05, 0) is 73.0 Å². The highest BCUT2D eigenvalue weighted by Gasteiger charge is 2.35. The molecule has 1 heterocycles. The number of aliphatic imine (C=N–C) groups is 1. The Kier molecular flexibility index (Phi) is 7.76. The molecule has 1 aliphatic heterocycles. The number of methoxy groups -OCH3 is 1. The third-order valence-corrected chi connectivity index (χ3v) is 5.93. The maximum absolute atomic E-state index is 13.4. The number of aryl methyl sites for hydroxylation is 1. The molecule has 7 heteroatoms. The predicted molar refractivity (Wildman–Crippen MR) is 127 cm³/mol. The third kappa shape index (κ3) is 5.11. The molecule has 0 aromatic heterocycles. The molecule has 3 rings (SSSR count). The molecule has 1 N–H and O–H groups in total. The standard InChI is InChI=1S/C24H28N2O4S/c1-5-11-25-24-26(19-8-6-7-16(2)17(19)3)23(28)22(31-24)15-18-9-10-20(30-13-12-27)21(14-18)29-4/h6-10,14-15,27H,5,11-13H2,1-4H3/b22-15-,25-24?. The van der Waals surface area contributed by atoms with E-state index in [1.54, 1.807) is 18.1 Å². The number of ether oxygens (including phenoxy) is 2. The van der Waals surface area contributed by atoms with Crippen molar-refractivity contribution in [2.75, 3.05) is 31.8 Å². The molecule has 1 amide bonds. The van der Waals surface area contributed by atoms with Crippen molar-refractivity contribution in [1.29, 1.82) is 0 Å². The highest BCUT2D eigenvalue weighted by Crippen LogP contribution is 2.38. The number of carbonyl (C=O) groups is 1. The Hall–Kier alpha value is -2.77. The summed E-state index contributed by atoms with van der Waals surface area (Å²) in [5.74, 6) is 1.00. The van der Waals surface area contributed by atoms with Crippen LogP contribution in [-0.2, 0) is 4.79 Å². The first-order valence-electron chi connectivity index (χ1n) is 10.3. The lowest BCUT2D eigenvalue weighted by molar-refractivity contribution is -0.113. The van der Waals surface area contributed by atoms with Crippen LogP contribution in [0.2, 0.25) is 0 Å². The highest BCUT2D eigenvalue weighted by atomic mass is 32.2. The van der Waals surface area contributed by atoms with Gasteiger partial charge in [0.05, 0.1) is 24.3 Å². The van der Waals surface area contributed by atoms with Crippen molar-refractivity contribution in [3.8, 4) is 11.5 Å². The number of benzene rings is 2. The van der Waals surface area contributed by atoms with Crippen LogP contribution in [0.1, 0.15) is 30.0 Å². The van der Waals surface area contributed by atoms with Crippen molar-refractivity contribution in [2.45, 2.75) is 27.2 Å². The molecule has 0 spiro atoms. The van der Waals surface area contributed by atoms with Crippen LogP contribution in [0.4, 0.5) is 5.69 Å². The molecule has 0 radical (unpaired) electrons. The molecule has 1 aliphatic rings. The molecule has 0 unspecified atom stereocenters. The quantitative estimate of drug-likeness (QED) is 0.609. The van der Waals surface area contributed by atoms with Crippen molar-refractivity contribution < 1.29 is 19.4 Å². The van der Waals surface area contributed by atoms with Gasteiger partial charge in [-0.15, -0.1) is 0 Å². The maximum Gasteiger partial charge on any atom is 0.271 e. The zero-order chi connectivity index (χ0) is 22.4. The first-order valence-corrected chi connectivity index (χ1v) is 11.1. The average molecular weight is 441 g/mol. The predicted octanol–water partition coefficient (Wildman–Crippen LogP) is 4.57. The van der Waals surface area contributed by atoms with Crippen molar-refractivity contribution in [3.63, 3.8) is 0 Å². The smallest absolute Gasteiger partial charge is 0.271 e. The van der Waals surface area contributed by atoms with Gasteiger partial charge in [0.25, 0.3) is 5.91 Å². The highest BCUT2D eigenvalue weighted by molar-refractivity contribution is 8.19. The number of thioether (sulfide) groups is 1. The van der Waals surface area contributed by atoms with Gasteiger partial charge in [0.2, 0.25) is 0 Å². The molecular formula is C24H28N2O4S. The first-order chi connectivity index (χ1) is 15.0. The summed E-state index contributed by atoms with van der Waals surface area (Å²) >= 11 is 1.38. The molecule has 1 fully saturated rings.